The van der Waals surface area contributed by atoms with E-state index < -0.39 is 84.6 Å². The first-order valence-electron chi connectivity index (χ1n) is 10.3. The van der Waals surface area contributed by atoms with E-state index in [1.807, 2.05) is 0 Å². The third-order valence-corrected chi connectivity index (χ3v) is 4.92. The second-order valence-corrected chi connectivity index (χ2v) is 7.70. The minimum absolute atomic E-state index is 0.380. The summed E-state index contributed by atoms with van der Waals surface area (Å²) in [5.74, 6) is -6.93. The fourth-order valence-corrected chi connectivity index (χ4v) is 2.64. The quantitative estimate of drug-likeness (QED) is 0.119. The van der Waals surface area contributed by atoms with Gasteiger partial charge in [-0.1, -0.05) is 20.3 Å². The zero-order chi connectivity index (χ0) is 25.9. The lowest BCUT2D eigenvalue weighted by atomic mass is 9.97. The molecule has 0 aliphatic rings. The first kappa shape index (κ1) is 29.7. The monoisotopic (exact) mass is 475 g/mol. The van der Waals surface area contributed by atoms with Crippen LogP contribution in [-0.2, 0) is 28.8 Å². The summed E-state index contributed by atoms with van der Waals surface area (Å²) in [6.45, 7) is 4.56. The van der Waals surface area contributed by atoms with Crippen molar-refractivity contribution in [1.82, 2.24) is 16.0 Å². The van der Waals surface area contributed by atoms with Gasteiger partial charge in [0, 0.05) is 6.42 Å². The van der Waals surface area contributed by atoms with E-state index in [1.165, 1.54) is 6.92 Å². The van der Waals surface area contributed by atoms with Crippen molar-refractivity contribution in [3.63, 3.8) is 0 Å². The summed E-state index contributed by atoms with van der Waals surface area (Å²) in [5.41, 5.74) is 10.7. The third-order valence-electron chi connectivity index (χ3n) is 4.92. The van der Waals surface area contributed by atoms with E-state index in [0.29, 0.717) is 6.42 Å². The van der Waals surface area contributed by atoms with Crippen LogP contribution in [0.25, 0.3) is 0 Å². The van der Waals surface area contributed by atoms with Crippen LogP contribution in [0.3, 0.4) is 0 Å². The number of rotatable bonds is 15. The number of aliphatic hydroxyl groups is 1. The maximum Gasteiger partial charge on any atom is 0.326 e. The summed E-state index contributed by atoms with van der Waals surface area (Å²) in [6.07, 6.45) is -2.39. The number of nitrogens with one attached hydrogen (secondary N) is 3. The van der Waals surface area contributed by atoms with Gasteiger partial charge in [-0.25, -0.2) is 4.79 Å². The average molecular weight is 475 g/mol. The highest BCUT2D eigenvalue weighted by Gasteiger charge is 2.33. The van der Waals surface area contributed by atoms with E-state index in [4.69, 9.17) is 16.6 Å². The number of hydrogen-bond acceptors (Lipinski definition) is 8. The highest BCUT2D eigenvalue weighted by Crippen LogP contribution is 2.10. The Morgan fingerprint density at radius 3 is 1.85 bits per heavy atom. The number of nitrogens with two attached hydrogens (primary N) is 2. The Morgan fingerprint density at radius 2 is 1.42 bits per heavy atom. The molecular weight excluding hydrogens is 442 g/mol. The molecule has 0 aromatic heterocycles. The van der Waals surface area contributed by atoms with Gasteiger partial charge in [0.25, 0.3) is 0 Å². The number of hydrogen-bond donors (Lipinski definition) is 8. The van der Waals surface area contributed by atoms with Crippen LogP contribution in [0.2, 0.25) is 0 Å². The lowest BCUT2D eigenvalue weighted by molar-refractivity contribution is -0.144. The van der Waals surface area contributed by atoms with Crippen molar-refractivity contribution in [3.05, 3.63) is 0 Å². The summed E-state index contributed by atoms with van der Waals surface area (Å²) in [7, 11) is 0. The van der Waals surface area contributed by atoms with Gasteiger partial charge in [-0.2, -0.15) is 0 Å². The van der Waals surface area contributed by atoms with Crippen molar-refractivity contribution >= 4 is 35.6 Å². The maximum atomic E-state index is 12.8. The molecule has 4 amide bonds. The van der Waals surface area contributed by atoms with Gasteiger partial charge >= 0.3 is 11.9 Å². The van der Waals surface area contributed by atoms with Crippen molar-refractivity contribution in [1.29, 1.82) is 0 Å². The molecule has 14 heteroatoms. The van der Waals surface area contributed by atoms with Gasteiger partial charge in [0.1, 0.15) is 24.2 Å². The first-order chi connectivity index (χ1) is 15.2. The molecule has 33 heavy (non-hydrogen) atoms. The minimum atomic E-state index is -1.51. The van der Waals surface area contributed by atoms with E-state index in [2.05, 4.69) is 16.0 Å². The standard InChI is InChI=1S/C19H33N5O9/c1-4-8(2)15(18(31)22-10(19(32)33)5-6-13(27)28)24-16(29)11(7-12(20)26)23-17(30)14(21)9(3)25/h8-11,14-15,25H,4-7,21H2,1-3H3,(H2,20,26)(H,22,31)(H,23,30)(H,24,29)(H,27,28)(H,32,33). The molecule has 0 aliphatic heterocycles. The summed E-state index contributed by atoms with van der Waals surface area (Å²) >= 11 is 0. The Kier molecular flexibility index (Phi) is 12.6. The largest absolute Gasteiger partial charge is 0.481 e. The van der Waals surface area contributed by atoms with Gasteiger partial charge in [0.2, 0.25) is 23.6 Å². The molecule has 0 aliphatic carbocycles. The van der Waals surface area contributed by atoms with Crippen LogP contribution in [0.4, 0.5) is 0 Å². The lowest BCUT2D eigenvalue weighted by Crippen LogP contribution is -2.59. The van der Waals surface area contributed by atoms with Crippen LogP contribution in [0.15, 0.2) is 0 Å². The molecule has 0 aromatic carbocycles. The number of aliphatic carboxylic acids is 2. The van der Waals surface area contributed by atoms with Crippen molar-refractivity contribution in [2.45, 2.75) is 76.7 Å². The second kappa shape index (κ2) is 14.0. The molecule has 10 N–H and O–H groups in total. The van der Waals surface area contributed by atoms with Crippen LogP contribution in [0.5, 0.6) is 0 Å². The predicted molar refractivity (Wildman–Crippen MR) is 113 cm³/mol. The number of amides is 4. The Balaban J connectivity index is 5.59. The van der Waals surface area contributed by atoms with Crippen LogP contribution in [0, 0.1) is 5.92 Å². The van der Waals surface area contributed by atoms with Crippen molar-refractivity contribution in [2.24, 2.45) is 17.4 Å². The van der Waals surface area contributed by atoms with Gasteiger partial charge in [-0.05, 0) is 19.3 Å². The lowest BCUT2D eigenvalue weighted by Gasteiger charge is -2.28. The Hall–Kier alpha value is -3.26. The molecule has 0 bridgehead atoms. The molecule has 0 radical (unpaired) electrons. The summed E-state index contributed by atoms with van der Waals surface area (Å²) in [6, 6.07) is -5.69. The van der Waals surface area contributed by atoms with Crippen LogP contribution >= 0.6 is 0 Å². The van der Waals surface area contributed by atoms with Crippen LogP contribution < -0.4 is 27.4 Å². The fourth-order valence-electron chi connectivity index (χ4n) is 2.64. The molecule has 0 aromatic rings. The van der Waals surface area contributed by atoms with E-state index >= 15 is 0 Å². The van der Waals surface area contributed by atoms with Crippen LogP contribution in [-0.4, -0.2) is 81.2 Å². The van der Waals surface area contributed by atoms with Gasteiger partial charge < -0.3 is 42.7 Å². The van der Waals surface area contributed by atoms with Crippen molar-refractivity contribution in [3.8, 4) is 0 Å². The average Bonchev–Trinajstić information content (AvgIpc) is 2.71. The highest BCUT2D eigenvalue weighted by atomic mass is 16.4. The molecule has 14 nitrogen and oxygen atoms in total. The van der Waals surface area contributed by atoms with Gasteiger partial charge in [0.15, 0.2) is 0 Å². The fraction of sp³-hybridized carbons (Fsp3) is 0.684. The first-order valence-corrected chi connectivity index (χ1v) is 10.3. The molecule has 0 rings (SSSR count). The summed E-state index contributed by atoms with van der Waals surface area (Å²) < 4.78 is 0. The van der Waals surface area contributed by atoms with Crippen molar-refractivity contribution < 1.29 is 44.1 Å². The van der Waals surface area contributed by atoms with E-state index in [0.717, 1.165) is 0 Å². The smallest absolute Gasteiger partial charge is 0.326 e. The molecule has 0 heterocycles. The number of carbonyl (C=O) groups is 6. The maximum absolute atomic E-state index is 12.8. The van der Waals surface area contributed by atoms with E-state index in [9.17, 15) is 39.0 Å². The second-order valence-electron chi connectivity index (χ2n) is 7.70. The molecule has 0 saturated carbocycles. The van der Waals surface area contributed by atoms with E-state index in [1.54, 1.807) is 13.8 Å². The SMILES string of the molecule is CCC(C)C(NC(=O)C(CC(N)=O)NC(=O)C(N)C(C)O)C(=O)NC(CCC(=O)O)C(=O)O. The molecule has 6 unspecified atom stereocenters. The molecule has 0 saturated heterocycles. The number of carbonyl (C=O) groups excluding carboxylic acids is 4. The molecular formula is C19H33N5O9. The molecule has 0 spiro atoms. The Labute approximate surface area is 190 Å². The zero-order valence-corrected chi connectivity index (χ0v) is 18.7. The number of primary amides is 1. The van der Waals surface area contributed by atoms with Gasteiger partial charge in [-0.3, -0.25) is 24.0 Å². The highest BCUT2D eigenvalue weighted by molar-refractivity contribution is 5.96. The molecule has 188 valence electrons. The van der Waals surface area contributed by atoms with E-state index in [-0.39, 0.29) is 6.42 Å². The molecule has 6 atom stereocenters. The summed E-state index contributed by atoms with van der Waals surface area (Å²) in [4.78, 5) is 71.1. The normalized spacial score (nSPS) is 16.3. The number of carboxylic acids is 2. The topological polar surface area (TPSA) is 251 Å². The minimum Gasteiger partial charge on any atom is -0.481 e. The Bertz CT molecular complexity index is 743. The third kappa shape index (κ3) is 10.7. The van der Waals surface area contributed by atoms with Gasteiger partial charge in [-0.15, -0.1) is 0 Å². The summed E-state index contributed by atoms with van der Waals surface area (Å²) in [5, 5.41) is 34.2. The van der Waals surface area contributed by atoms with Crippen LogP contribution in [0.1, 0.15) is 46.5 Å². The predicted octanol–water partition coefficient (Wildman–Crippen LogP) is -2.98. The number of aliphatic hydroxyl groups excluding tert-OH is 1. The zero-order valence-electron chi connectivity index (χ0n) is 18.7. The number of carboxylic acid groups (broad SMARTS) is 2. The van der Waals surface area contributed by atoms with Crippen molar-refractivity contribution in [2.75, 3.05) is 0 Å². The van der Waals surface area contributed by atoms with Gasteiger partial charge in [0.05, 0.1) is 12.5 Å². The Morgan fingerprint density at radius 1 is 0.879 bits per heavy atom. The molecule has 0 fully saturated rings.